The molecule has 0 bridgehead atoms. The van der Waals surface area contributed by atoms with Gasteiger partial charge in [-0.2, -0.15) is 13.2 Å². The van der Waals surface area contributed by atoms with Crippen molar-refractivity contribution in [2.75, 3.05) is 6.54 Å². The van der Waals surface area contributed by atoms with Gasteiger partial charge < -0.3 is 5.32 Å². The molecule has 0 saturated carbocycles. The van der Waals surface area contributed by atoms with Crippen molar-refractivity contribution >= 4 is 0 Å². The zero-order valence-corrected chi connectivity index (χ0v) is 10.8. The highest BCUT2D eigenvalue weighted by molar-refractivity contribution is 5.32. The standard InChI is InChI=1S/C14H17F4N/c1-13(7-3-2-4-8-19-13)10-5-6-12(15)11(9-10)14(16,17)18/h5-6,9,19H,2-4,7-8H2,1H3. The third kappa shape index (κ3) is 3.08. The van der Waals surface area contributed by atoms with Crippen LogP contribution >= 0.6 is 0 Å². The second kappa shape index (κ2) is 5.12. The summed E-state index contributed by atoms with van der Waals surface area (Å²) in [5.74, 6) is -1.21. The molecule has 106 valence electrons. The Balaban J connectivity index is 2.39. The molecular formula is C14H17F4N. The maximum absolute atomic E-state index is 13.3. The minimum Gasteiger partial charge on any atom is -0.308 e. The third-order valence-electron chi connectivity index (χ3n) is 3.78. The number of benzene rings is 1. The van der Waals surface area contributed by atoms with Gasteiger partial charge in [-0.15, -0.1) is 0 Å². The molecule has 19 heavy (non-hydrogen) atoms. The topological polar surface area (TPSA) is 12.0 Å². The van der Waals surface area contributed by atoms with E-state index in [0.29, 0.717) is 5.56 Å². The monoisotopic (exact) mass is 275 g/mol. The fourth-order valence-electron chi connectivity index (χ4n) is 2.57. The van der Waals surface area contributed by atoms with E-state index >= 15 is 0 Å². The first-order valence-corrected chi connectivity index (χ1v) is 6.45. The molecule has 1 atom stereocenters. The van der Waals surface area contributed by atoms with E-state index < -0.39 is 23.1 Å². The summed E-state index contributed by atoms with van der Waals surface area (Å²) >= 11 is 0. The summed E-state index contributed by atoms with van der Waals surface area (Å²) < 4.78 is 51.5. The molecule has 1 aliphatic heterocycles. The number of alkyl halides is 3. The van der Waals surface area contributed by atoms with Gasteiger partial charge in [0.15, 0.2) is 0 Å². The van der Waals surface area contributed by atoms with Crippen LogP contribution in [-0.2, 0) is 11.7 Å². The molecule has 0 amide bonds. The molecule has 1 aliphatic rings. The fraction of sp³-hybridized carbons (Fsp3) is 0.571. The highest BCUT2D eigenvalue weighted by Gasteiger charge is 2.36. The lowest BCUT2D eigenvalue weighted by Crippen LogP contribution is -2.39. The molecule has 0 radical (unpaired) electrons. The first-order chi connectivity index (χ1) is 8.83. The SMILES string of the molecule is CC1(c2ccc(F)c(C(F)(F)F)c2)CCCCCN1. The van der Waals surface area contributed by atoms with Gasteiger partial charge in [0, 0.05) is 5.54 Å². The van der Waals surface area contributed by atoms with Gasteiger partial charge in [0.2, 0.25) is 0 Å². The normalized spacial score (nSPS) is 25.1. The average Bonchev–Trinajstić information content (AvgIpc) is 2.54. The third-order valence-corrected chi connectivity index (χ3v) is 3.78. The zero-order chi connectivity index (χ0) is 14.1. The minimum absolute atomic E-state index is 0.503. The molecule has 1 unspecified atom stereocenters. The highest BCUT2D eigenvalue weighted by Crippen LogP contribution is 2.36. The lowest BCUT2D eigenvalue weighted by atomic mass is 9.86. The first kappa shape index (κ1) is 14.3. The van der Waals surface area contributed by atoms with Gasteiger partial charge in [0.1, 0.15) is 5.82 Å². The number of rotatable bonds is 1. The van der Waals surface area contributed by atoms with E-state index in [4.69, 9.17) is 0 Å². The van der Waals surface area contributed by atoms with Crippen LogP contribution in [0.1, 0.15) is 43.7 Å². The Morgan fingerprint density at radius 2 is 1.89 bits per heavy atom. The second-order valence-corrected chi connectivity index (χ2v) is 5.26. The van der Waals surface area contributed by atoms with Gasteiger partial charge in [0.25, 0.3) is 0 Å². The lowest BCUT2D eigenvalue weighted by Gasteiger charge is -2.30. The van der Waals surface area contributed by atoms with Crippen LogP contribution in [0.3, 0.4) is 0 Å². The van der Waals surface area contributed by atoms with Crippen LogP contribution in [0.2, 0.25) is 0 Å². The number of hydrogen-bond donors (Lipinski definition) is 1. The maximum Gasteiger partial charge on any atom is 0.419 e. The minimum atomic E-state index is -4.65. The Labute approximate surface area is 110 Å². The Morgan fingerprint density at radius 1 is 1.16 bits per heavy atom. The summed E-state index contributed by atoms with van der Waals surface area (Å²) in [6.07, 6.45) is -0.849. The summed E-state index contributed by atoms with van der Waals surface area (Å²) in [6, 6.07) is 3.30. The molecule has 1 fully saturated rings. The van der Waals surface area contributed by atoms with Gasteiger partial charge in [-0.05, 0) is 44.0 Å². The molecular weight excluding hydrogens is 258 g/mol. The molecule has 2 rings (SSSR count). The van der Waals surface area contributed by atoms with E-state index in [1.54, 1.807) is 0 Å². The molecule has 0 aliphatic carbocycles. The van der Waals surface area contributed by atoms with Crippen molar-refractivity contribution < 1.29 is 17.6 Å². The van der Waals surface area contributed by atoms with Gasteiger partial charge in [0.05, 0.1) is 5.56 Å². The Bertz CT molecular complexity index is 445. The zero-order valence-electron chi connectivity index (χ0n) is 10.8. The summed E-state index contributed by atoms with van der Waals surface area (Å²) in [7, 11) is 0. The summed E-state index contributed by atoms with van der Waals surface area (Å²) in [4.78, 5) is 0. The van der Waals surface area contributed by atoms with Gasteiger partial charge in [-0.1, -0.05) is 18.9 Å². The van der Waals surface area contributed by atoms with Crippen LogP contribution in [0.5, 0.6) is 0 Å². The van der Waals surface area contributed by atoms with Crippen molar-refractivity contribution in [2.45, 2.75) is 44.3 Å². The summed E-state index contributed by atoms with van der Waals surface area (Å²) in [6.45, 7) is 2.65. The molecule has 1 N–H and O–H groups in total. The Kier molecular flexibility index (Phi) is 3.85. The van der Waals surface area contributed by atoms with E-state index in [-0.39, 0.29) is 0 Å². The van der Waals surface area contributed by atoms with E-state index in [0.717, 1.165) is 44.4 Å². The van der Waals surface area contributed by atoms with Gasteiger partial charge in [-0.25, -0.2) is 4.39 Å². The summed E-state index contributed by atoms with van der Waals surface area (Å²) in [5, 5.41) is 3.28. The van der Waals surface area contributed by atoms with Crippen molar-refractivity contribution in [1.29, 1.82) is 0 Å². The van der Waals surface area contributed by atoms with E-state index in [9.17, 15) is 17.6 Å². The van der Waals surface area contributed by atoms with Crippen molar-refractivity contribution in [2.24, 2.45) is 0 Å². The van der Waals surface area contributed by atoms with Crippen LogP contribution in [0.4, 0.5) is 17.6 Å². The molecule has 1 saturated heterocycles. The molecule has 0 aromatic heterocycles. The lowest BCUT2D eigenvalue weighted by molar-refractivity contribution is -0.140. The molecule has 1 heterocycles. The van der Waals surface area contributed by atoms with Crippen molar-refractivity contribution in [3.05, 3.63) is 35.1 Å². The number of nitrogens with one attached hydrogen (secondary N) is 1. The van der Waals surface area contributed by atoms with Crippen LogP contribution in [-0.4, -0.2) is 6.54 Å². The Morgan fingerprint density at radius 3 is 2.58 bits per heavy atom. The molecule has 1 aromatic rings. The van der Waals surface area contributed by atoms with Crippen LogP contribution < -0.4 is 5.32 Å². The fourth-order valence-corrected chi connectivity index (χ4v) is 2.57. The Hall–Kier alpha value is -1.10. The van der Waals surface area contributed by atoms with Gasteiger partial charge >= 0.3 is 6.18 Å². The molecule has 1 aromatic carbocycles. The largest absolute Gasteiger partial charge is 0.419 e. The van der Waals surface area contributed by atoms with Gasteiger partial charge in [-0.3, -0.25) is 0 Å². The van der Waals surface area contributed by atoms with Crippen LogP contribution in [0.25, 0.3) is 0 Å². The van der Waals surface area contributed by atoms with E-state index in [1.165, 1.54) is 6.07 Å². The van der Waals surface area contributed by atoms with Crippen molar-refractivity contribution in [3.63, 3.8) is 0 Å². The smallest absolute Gasteiger partial charge is 0.308 e. The van der Waals surface area contributed by atoms with E-state index in [1.807, 2.05) is 6.92 Å². The second-order valence-electron chi connectivity index (χ2n) is 5.26. The molecule has 5 heteroatoms. The summed E-state index contributed by atoms with van der Waals surface area (Å²) in [5.41, 5.74) is -1.19. The number of halogens is 4. The molecule has 1 nitrogen and oxygen atoms in total. The van der Waals surface area contributed by atoms with Crippen LogP contribution in [0, 0.1) is 5.82 Å². The van der Waals surface area contributed by atoms with E-state index in [2.05, 4.69) is 5.32 Å². The predicted molar refractivity (Wildman–Crippen MR) is 65.2 cm³/mol. The quantitative estimate of drug-likeness (QED) is 0.756. The maximum atomic E-state index is 13.3. The number of hydrogen-bond acceptors (Lipinski definition) is 1. The first-order valence-electron chi connectivity index (χ1n) is 6.45. The predicted octanol–water partition coefficient (Wildman–Crippen LogP) is 4.22. The van der Waals surface area contributed by atoms with Crippen molar-refractivity contribution in [1.82, 2.24) is 5.32 Å². The highest BCUT2D eigenvalue weighted by atomic mass is 19.4. The average molecular weight is 275 g/mol. The molecule has 0 spiro atoms. The van der Waals surface area contributed by atoms with Crippen LogP contribution in [0.15, 0.2) is 18.2 Å². The van der Waals surface area contributed by atoms with Crippen molar-refractivity contribution in [3.8, 4) is 0 Å².